The van der Waals surface area contributed by atoms with Crippen molar-refractivity contribution in [1.82, 2.24) is 9.97 Å². The molecule has 0 unspecified atom stereocenters. The third kappa shape index (κ3) is 4.31. The van der Waals surface area contributed by atoms with Crippen molar-refractivity contribution in [3.05, 3.63) is 11.2 Å². The lowest BCUT2D eigenvalue weighted by atomic mass is 10.1. The average molecular weight is 273 g/mol. The van der Waals surface area contributed by atoms with Crippen LogP contribution in [0.3, 0.4) is 0 Å². The Bertz CT molecular complexity index is 373. The lowest BCUT2D eigenvalue weighted by Crippen LogP contribution is -2.30. The van der Waals surface area contributed by atoms with Crippen LogP contribution in [0, 0.1) is 5.92 Å². The van der Waals surface area contributed by atoms with Crippen LogP contribution in [0.1, 0.15) is 27.2 Å². The molecule has 1 aromatic heterocycles. The van der Waals surface area contributed by atoms with Crippen LogP contribution >= 0.6 is 11.6 Å². The van der Waals surface area contributed by atoms with E-state index in [9.17, 15) is 5.11 Å². The highest BCUT2D eigenvalue weighted by atomic mass is 35.5. The number of nitrogens with zero attached hydrogens (tertiary/aromatic N) is 2. The third-order valence-corrected chi connectivity index (χ3v) is 2.88. The molecule has 0 fully saturated rings. The summed E-state index contributed by atoms with van der Waals surface area (Å²) in [7, 11) is 0. The average Bonchev–Trinajstić information content (AvgIpc) is 2.35. The lowest BCUT2D eigenvalue weighted by molar-refractivity contribution is 0.249. The first-order valence-corrected chi connectivity index (χ1v) is 6.60. The maximum atomic E-state index is 9.29. The van der Waals surface area contributed by atoms with Gasteiger partial charge in [0.15, 0.2) is 5.82 Å². The van der Waals surface area contributed by atoms with Gasteiger partial charge in [0, 0.05) is 6.54 Å². The summed E-state index contributed by atoms with van der Waals surface area (Å²) >= 11 is 6.04. The highest BCUT2D eigenvalue weighted by Crippen LogP contribution is 2.21. The fraction of sp³-hybridized carbons (Fsp3) is 0.667. The molecule has 0 aromatic carbocycles. The predicted molar refractivity (Wildman–Crippen MR) is 75.2 cm³/mol. The van der Waals surface area contributed by atoms with E-state index >= 15 is 0 Å². The number of anilines is 2. The fourth-order valence-corrected chi connectivity index (χ4v) is 1.53. The number of rotatable bonds is 7. The molecule has 0 bridgehead atoms. The fourth-order valence-electron chi connectivity index (χ4n) is 1.39. The molecule has 3 N–H and O–H groups in total. The summed E-state index contributed by atoms with van der Waals surface area (Å²) in [6.07, 6.45) is 2.56. The monoisotopic (exact) mass is 272 g/mol. The second-order valence-corrected chi connectivity index (χ2v) is 4.90. The van der Waals surface area contributed by atoms with Crippen molar-refractivity contribution in [1.29, 1.82) is 0 Å². The Morgan fingerprint density at radius 2 is 2.17 bits per heavy atom. The zero-order chi connectivity index (χ0) is 13.5. The molecule has 1 aromatic rings. The third-order valence-electron chi connectivity index (χ3n) is 2.60. The first-order chi connectivity index (χ1) is 8.58. The van der Waals surface area contributed by atoms with Crippen molar-refractivity contribution in [2.45, 2.75) is 33.2 Å². The van der Waals surface area contributed by atoms with Crippen LogP contribution in [0.5, 0.6) is 0 Å². The van der Waals surface area contributed by atoms with E-state index in [0.29, 0.717) is 16.8 Å². The molecule has 0 amide bonds. The van der Waals surface area contributed by atoms with Gasteiger partial charge < -0.3 is 15.7 Å². The molecule has 18 heavy (non-hydrogen) atoms. The molecule has 1 heterocycles. The zero-order valence-corrected chi connectivity index (χ0v) is 11.8. The van der Waals surface area contributed by atoms with Crippen LogP contribution in [0.2, 0.25) is 5.02 Å². The summed E-state index contributed by atoms with van der Waals surface area (Å²) in [4.78, 5) is 8.40. The van der Waals surface area contributed by atoms with Gasteiger partial charge in [-0.3, -0.25) is 0 Å². The van der Waals surface area contributed by atoms with Gasteiger partial charge >= 0.3 is 0 Å². The lowest BCUT2D eigenvalue weighted by Gasteiger charge is -2.21. The number of aliphatic hydroxyl groups excluding tert-OH is 1. The van der Waals surface area contributed by atoms with E-state index in [1.54, 1.807) is 6.20 Å². The van der Waals surface area contributed by atoms with Gasteiger partial charge in [0.2, 0.25) is 5.95 Å². The Hall–Kier alpha value is -1.07. The first kappa shape index (κ1) is 15.0. The molecular weight excluding hydrogens is 252 g/mol. The van der Waals surface area contributed by atoms with Crippen LogP contribution in [0.4, 0.5) is 11.8 Å². The van der Waals surface area contributed by atoms with Gasteiger partial charge in [0.05, 0.1) is 18.8 Å². The summed E-state index contributed by atoms with van der Waals surface area (Å²) in [5, 5.41) is 16.0. The Morgan fingerprint density at radius 1 is 1.44 bits per heavy atom. The van der Waals surface area contributed by atoms with Crippen molar-refractivity contribution >= 4 is 23.4 Å². The zero-order valence-electron chi connectivity index (χ0n) is 11.1. The Morgan fingerprint density at radius 3 is 2.72 bits per heavy atom. The molecule has 5 nitrogen and oxygen atoms in total. The number of halogens is 1. The number of aromatic nitrogens is 2. The van der Waals surface area contributed by atoms with Crippen molar-refractivity contribution in [2.75, 3.05) is 23.8 Å². The molecule has 1 atom stereocenters. The Labute approximate surface area is 113 Å². The summed E-state index contributed by atoms with van der Waals surface area (Å²) in [5.74, 6) is 1.38. The second kappa shape index (κ2) is 7.38. The molecule has 0 saturated carbocycles. The van der Waals surface area contributed by atoms with Gasteiger partial charge in [0.25, 0.3) is 0 Å². The van der Waals surface area contributed by atoms with Crippen LogP contribution in [0.15, 0.2) is 6.20 Å². The quantitative estimate of drug-likeness (QED) is 0.711. The predicted octanol–water partition coefficient (Wildman–Crippen LogP) is 2.38. The first-order valence-electron chi connectivity index (χ1n) is 6.22. The summed E-state index contributed by atoms with van der Waals surface area (Å²) in [6.45, 7) is 6.98. The van der Waals surface area contributed by atoms with Gasteiger partial charge in [-0.2, -0.15) is 4.98 Å². The molecule has 0 radical (unpaired) electrons. The van der Waals surface area contributed by atoms with E-state index in [1.165, 1.54) is 0 Å². The maximum Gasteiger partial charge on any atom is 0.224 e. The molecule has 6 heteroatoms. The minimum atomic E-state index is -0.0728. The summed E-state index contributed by atoms with van der Waals surface area (Å²) in [5.41, 5.74) is 0. The molecule has 0 saturated heterocycles. The highest BCUT2D eigenvalue weighted by molar-refractivity contribution is 6.32. The Balaban J connectivity index is 2.79. The molecular formula is C12H21ClN4O. The van der Waals surface area contributed by atoms with Crippen LogP contribution < -0.4 is 10.6 Å². The van der Waals surface area contributed by atoms with Gasteiger partial charge in [-0.25, -0.2) is 4.98 Å². The van der Waals surface area contributed by atoms with E-state index < -0.39 is 0 Å². The minimum Gasteiger partial charge on any atom is -0.394 e. The van der Waals surface area contributed by atoms with Crippen molar-refractivity contribution in [3.63, 3.8) is 0 Å². The normalized spacial score (nSPS) is 12.6. The minimum absolute atomic E-state index is 0.0374. The van der Waals surface area contributed by atoms with E-state index in [-0.39, 0.29) is 18.6 Å². The van der Waals surface area contributed by atoms with E-state index in [2.05, 4.69) is 27.5 Å². The van der Waals surface area contributed by atoms with Crippen LogP contribution in [-0.2, 0) is 0 Å². The number of hydrogen-bond donors (Lipinski definition) is 3. The van der Waals surface area contributed by atoms with Crippen LogP contribution in [0.25, 0.3) is 0 Å². The van der Waals surface area contributed by atoms with E-state index in [1.807, 2.05) is 13.8 Å². The van der Waals surface area contributed by atoms with Crippen molar-refractivity contribution in [3.8, 4) is 0 Å². The SMILES string of the molecule is CCCNc1ncc(Cl)c(N[C@H](CO)C(C)C)n1. The van der Waals surface area contributed by atoms with Crippen molar-refractivity contribution in [2.24, 2.45) is 5.92 Å². The largest absolute Gasteiger partial charge is 0.394 e. The smallest absolute Gasteiger partial charge is 0.224 e. The van der Waals surface area contributed by atoms with Gasteiger partial charge in [-0.15, -0.1) is 0 Å². The number of nitrogens with one attached hydrogen (secondary N) is 2. The summed E-state index contributed by atoms with van der Waals surface area (Å²) < 4.78 is 0. The topological polar surface area (TPSA) is 70.1 Å². The molecule has 0 aliphatic rings. The molecule has 102 valence electrons. The molecule has 0 spiro atoms. The van der Waals surface area contributed by atoms with Gasteiger partial charge in [0.1, 0.15) is 5.02 Å². The maximum absolute atomic E-state index is 9.29. The van der Waals surface area contributed by atoms with Crippen molar-refractivity contribution < 1.29 is 5.11 Å². The standard InChI is InChI=1S/C12H21ClN4O/c1-4-5-14-12-15-6-9(13)11(17-12)16-10(7-18)8(2)3/h6,8,10,18H,4-5,7H2,1-3H3,(H2,14,15,16,17)/t10-/m1/s1. The van der Waals surface area contributed by atoms with Gasteiger partial charge in [-0.05, 0) is 12.3 Å². The molecule has 1 rings (SSSR count). The van der Waals surface area contributed by atoms with E-state index in [4.69, 9.17) is 11.6 Å². The Kier molecular flexibility index (Phi) is 6.15. The number of hydrogen-bond acceptors (Lipinski definition) is 5. The van der Waals surface area contributed by atoms with Gasteiger partial charge in [-0.1, -0.05) is 32.4 Å². The second-order valence-electron chi connectivity index (χ2n) is 4.49. The molecule has 0 aliphatic heterocycles. The van der Waals surface area contributed by atoms with Crippen LogP contribution in [-0.4, -0.2) is 34.3 Å². The summed E-state index contributed by atoms with van der Waals surface area (Å²) in [6, 6.07) is -0.0728. The highest BCUT2D eigenvalue weighted by Gasteiger charge is 2.15. The van der Waals surface area contributed by atoms with E-state index in [0.717, 1.165) is 13.0 Å². The molecule has 0 aliphatic carbocycles. The number of aliphatic hydroxyl groups is 1.